The van der Waals surface area contributed by atoms with Crippen molar-refractivity contribution in [2.24, 2.45) is 0 Å². The van der Waals surface area contributed by atoms with Crippen molar-refractivity contribution in [3.63, 3.8) is 0 Å². The molecule has 2 amide bonds. The lowest BCUT2D eigenvalue weighted by atomic mass is 10.1. The maximum Gasteiger partial charge on any atom is 0.290 e. The van der Waals surface area contributed by atoms with Crippen molar-refractivity contribution >= 4 is 33.8 Å². The lowest BCUT2D eigenvalue weighted by Gasteiger charge is -2.26. The number of amides is 2. The maximum absolute atomic E-state index is 13.3. The highest BCUT2D eigenvalue weighted by Crippen LogP contribution is 2.30. The monoisotopic (exact) mass is 413 g/mol. The Bertz CT molecular complexity index is 1340. The van der Waals surface area contributed by atoms with Gasteiger partial charge in [-0.3, -0.25) is 19.0 Å². The number of nitrogens with zero attached hydrogens (tertiary/aromatic N) is 4. The summed E-state index contributed by atoms with van der Waals surface area (Å²) in [5.74, 6) is -0.291. The SMILES string of the molecule is O=C(Nc1cccc2cnccc12)c1nc(C(=O)N2C[C@@H]3C[C@H]2CO3)n2ccccc12. The molecule has 2 fully saturated rings. The molecule has 8 nitrogen and oxygen atoms in total. The van der Waals surface area contributed by atoms with Crippen LogP contribution in [0.25, 0.3) is 16.3 Å². The number of ether oxygens (including phenoxy) is 1. The summed E-state index contributed by atoms with van der Waals surface area (Å²) in [6.07, 6.45) is 6.16. The van der Waals surface area contributed by atoms with Gasteiger partial charge in [-0.05, 0) is 30.7 Å². The predicted octanol–water partition coefficient (Wildman–Crippen LogP) is 2.75. The first-order valence-electron chi connectivity index (χ1n) is 10.2. The van der Waals surface area contributed by atoms with E-state index in [0.29, 0.717) is 24.4 Å². The van der Waals surface area contributed by atoms with Crippen LogP contribution in [0, 0.1) is 0 Å². The highest BCUT2D eigenvalue weighted by Gasteiger charge is 2.43. The molecule has 2 atom stereocenters. The summed E-state index contributed by atoms with van der Waals surface area (Å²) in [5, 5.41) is 4.77. The van der Waals surface area contributed by atoms with E-state index in [1.165, 1.54) is 0 Å². The summed E-state index contributed by atoms with van der Waals surface area (Å²) in [4.78, 5) is 36.9. The number of fused-ring (bicyclic) bond motifs is 4. The number of pyridine rings is 2. The number of benzene rings is 1. The molecule has 3 aromatic heterocycles. The molecule has 6 rings (SSSR count). The zero-order valence-electron chi connectivity index (χ0n) is 16.6. The zero-order valence-corrected chi connectivity index (χ0v) is 16.6. The summed E-state index contributed by atoms with van der Waals surface area (Å²) in [6, 6.07) is 13.0. The van der Waals surface area contributed by atoms with Crippen LogP contribution in [0.5, 0.6) is 0 Å². The summed E-state index contributed by atoms with van der Waals surface area (Å²) < 4.78 is 7.30. The number of anilines is 1. The van der Waals surface area contributed by atoms with Crippen LogP contribution in [0.2, 0.25) is 0 Å². The van der Waals surface area contributed by atoms with Gasteiger partial charge in [-0.25, -0.2) is 4.98 Å². The van der Waals surface area contributed by atoms with Crippen molar-refractivity contribution in [3.8, 4) is 0 Å². The first kappa shape index (κ1) is 18.0. The van der Waals surface area contributed by atoms with E-state index in [1.54, 1.807) is 29.1 Å². The Morgan fingerprint density at radius 1 is 1.13 bits per heavy atom. The Morgan fingerprint density at radius 3 is 2.90 bits per heavy atom. The highest BCUT2D eigenvalue weighted by molar-refractivity contribution is 6.12. The molecule has 2 bridgehead atoms. The van der Waals surface area contributed by atoms with Crippen molar-refractivity contribution in [2.75, 3.05) is 18.5 Å². The molecule has 5 heterocycles. The fraction of sp³-hybridized carbons (Fsp3) is 0.217. The molecule has 4 aromatic rings. The summed E-state index contributed by atoms with van der Waals surface area (Å²) >= 11 is 0. The van der Waals surface area contributed by atoms with Crippen molar-refractivity contribution in [2.45, 2.75) is 18.6 Å². The topological polar surface area (TPSA) is 88.8 Å². The van der Waals surface area contributed by atoms with Gasteiger partial charge in [-0.1, -0.05) is 18.2 Å². The quantitative estimate of drug-likeness (QED) is 0.558. The van der Waals surface area contributed by atoms with E-state index in [9.17, 15) is 9.59 Å². The lowest BCUT2D eigenvalue weighted by Crippen LogP contribution is -2.42. The molecule has 1 N–H and O–H groups in total. The standard InChI is InChI=1S/C23H19N5O3/c29-22(25-18-5-3-4-14-11-24-8-7-17(14)18)20-19-6-1-2-9-27(19)21(26-20)23(30)28-12-16-10-15(28)13-31-16/h1-9,11,15-16H,10,12-13H2,(H,25,29)/t15-,16-/m0/s1. The molecule has 8 heteroatoms. The Morgan fingerprint density at radius 2 is 2.06 bits per heavy atom. The van der Waals surface area contributed by atoms with E-state index in [1.807, 2.05) is 41.3 Å². The minimum atomic E-state index is -0.363. The number of imidazole rings is 1. The number of morpholine rings is 1. The zero-order chi connectivity index (χ0) is 20.9. The van der Waals surface area contributed by atoms with E-state index in [4.69, 9.17) is 4.74 Å². The molecule has 1 aromatic carbocycles. The lowest BCUT2D eigenvalue weighted by molar-refractivity contribution is 0.0251. The molecule has 2 saturated heterocycles. The molecule has 0 aliphatic carbocycles. The third-order valence-corrected chi connectivity index (χ3v) is 6.04. The number of carbonyl (C=O) groups is 2. The third-order valence-electron chi connectivity index (χ3n) is 6.04. The normalized spacial score (nSPS) is 19.9. The van der Waals surface area contributed by atoms with Gasteiger partial charge in [-0.15, -0.1) is 0 Å². The minimum Gasteiger partial charge on any atom is -0.374 e. The van der Waals surface area contributed by atoms with Gasteiger partial charge in [0.2, 0.25) is 5.82 Å². The van der Waals surface area contributed by atoms with Crippen LogP contribution < -0.4 is 5.32 Å². The average molecular weight is 413 g/mol. The number of nitrogens with one attached hydrogen (secondary N) is 1. The second-order valence-corrected chi connectivity index (χ2v) is 7.90. The molecule has 0 saturated carbocycles. The van der Waals surface area contributed by atoms with Gasteiger partial charge >= 0.3 is 0 Å². The Balaban J connectivity index is 1.38. The molecule has 0 spiro atoms. The number of carbonyl (C=O) groups excluding carboxylic acids is 2. The summed E-state index contributed by atoms with van der Waals surface area (Å²) in [7, 11) is 0. The second-order valence-electron chi connectivity index (χ2n) is 7.90. The number of aromatic nitrogens is 3. The van der Waals surface area contributed by atoms with Crippen LogP contribution in [0.3, 0.4) is 0 Å². The van der Waals surface area contributed by atoms with E-state index >= 15 is 0 Å². The van der Waals surface area contributed by atoms with Crippen molar-refractivity contribution in [3.05, 3.63) is 72.6 Å². The minimum absolute atomic E-state index is 0.0788. The summed E-state index contributed by atoms with van der Waals surface area (Å²) in [5.41, 5.74) is 1.48. The van der Waals surface area contributed by atoms with Gasteiger partial charge in [-0.2, -0.15) is 0 Å². The number of hydrogen-bond donors (Lipinski definition) is 1. The predicted molar refractivity (Wildman–Crippen MR) is 114 cm³/mol. The molecule has 0 radical (unpaired) electrons. The molecular formula is C23H19N5O3. The second kappa shape index (κ2) is 6.88. The largest absolute Gasteiger partial charge is 0.374 e. The molecule has 2 aliphatic heterocycles. The van der Waals surface area contributed by atoms with Crippen molar-refractivity contribution < 1.29 is 14.3 Å². The van der Waals surface area contributed by atoms with Gasteiger partial charge < -0.3 is 15.0 Å². The Hall–Kier alpha value is -3.78. The number of likely N-dealkylation sites (tertiary alicyclic amines) is 1. The van der Waals surface area contributed by atoms with Crippen LogP contribution in [0.15, 0.2) is 61.1 Å². The van der Waals surface area contributed by atoms with Gasteiger partial charge in [0, 0.05) is 41.6 Å². The van der Waals surface area contributed by atoms with Crippen LogP contribution in [0.4, 0.5) is 5.69 Å². The van der Waals surface area contributed by atoms with E-state index in [0.717, 1.165) is 17.2 Å². The Labute approximate surface area is 177 Å². The molecule has 2 aliphatic rings. The highest BCUT2D eigenvalue weighted by atomic mass is 16.5. The van der Waals surface area contributed by atoms with Crippen molar-refractivity contribution in [1.29, 1.82) is 0 Å². The Kier molecular flexibility index (Phi) is 4.00. The maximum atomic E-state index is 13.3. The van der Waals surface area contributed by atoms with Crippen LogP contribution in [-0.2, 0) is 4.74 Å². The van der Waals surface area contributed by atoms with Gasteiger partial charge in [0.1, 0.15) is 0 Å². The smallest absolute Gasteiger partial charge is 0.290 e. The molecule has 154 valence electrons. The summed E-state index contributed by atoms with van der Waals surface area (Å²) in [6.45, 7) is 1.12. The fourth-order valence-corrected chi connectivity index (χ4v) is 4.55. The first-order valence-corrected chi connectivity index (χ1v) is 10.2. The third kappa shape index (κ3) is 2.87. The van der Waals surface area contributed by atoms with Crippen LogP contribution >= 0.6 is 0 Å². The number of rotatable bonds is 3. The molecule has 31 heavy (non-hydrogen) atoms. The average Bonchev–Trinajstić information content (AvgIpc) is 3.53. The van der Waals surface area contributed by atoms with E-state index in [-0.39, 0.29) is 35.5 Å². The fourth-order valence-electron chi connectivity index (χ4n) is 4.55. The number of hydrogen-bond acceptors (Lipinski definition) is 5. The van der Waals surface area contributed by atoms with Crippen LogP contribution in [-0.4, -0.2) is 56.4 Å². The van der Waals surface area contributed by atoms with E-state index < -0.39 is 0 Å². The van der Waals surface area contributed by atoms with Gasteiger partial charge in [0.25, 0.3) is 11.8 Å². The van der Waals surface area contributed by atoms with Gasteiger partial charge in [0.05, 0.1) is 24.3 Å². The first-order chi connectivity index (χ1) is 15.2. The van der Waals surface area contributed by atoms with Gasteiger partial charge in [0.15, 0.2) is 5.69 Å². The molecule has 0 unspecified atom stereocenters. The van der Waals surface area contributed by atoms with E-state index in [2.05, 4.69) is 15.3 Å². The van der Waals surface area contributed by atoms with Crippen LogP contribution in [0.1, 0.15) is 27.5 Å². The molecular weight excluding hydrogens is 394 g/mol. The van der Waals surface area contributed by atoms with Crippen molar-refractivity contribution in [1.82, 2.24) is 19.3 Å².